The highest BCUT2D eigenvalue weighted by Crippen LogP contribution is 2.58. The van der Waals surface area contributed by atoms with E-state index in [0.29, 0.717) is 12.2 Å². The number of ether oxygens (including phenoxy) is 2. The molecule has 1 unspecified atom stereocenters. The molecule has 0 radical (unpaired) electrons. The number of hydrogen-bond donors (Lipinski definition) is 0. The van der Waals surface area contributed by atoms with Gasteiger partial charge in [-0.2, -0.15) is 0 Å². The predicted octanol–water partition coefficient (Wildman–Crippen LogP) is 2.48. The maximum atomic E-state index is 12.1. The summed E-state index contributed by atoms with van der Waals surface area (Å²) in [6, 6.07) is 0. The smallest absolute Gasteiger partial charge is 0.324 e. The third kappa shape index (κ3) is 3.42. The number of esters is 2. The van der Waals surface area contributed by atoms with Gasteiger partial charge in [0.2, 0.25) is 8.32 Å². The molecule has 114 valence electrons. The van der Waals surface area contributed by atoms with E-state index in [1.807, 2.05) is 19.6 Å². The Labute approximate surface area is 121 Å². The van der Waals surface area contributed by atoms with Crippen molar-refractivity contribution in [2.45, 2.75) is 39.9 Å². The summed E-state index contributed by atoms with van der Waals surface area (Å²) in [6.07, 6.45) is 0.355. The Kier molecular flexibility index (Phi) is 5.02. The molecule has 0 spiro atoms. The van der Waals surface area contributed by atoms with E-state index in [1.54, 1.807) is 13.8 Å². The zero-order valence-electron chi connectivity index (χ0n) is 12.9. The van der Waals surface area contributed by atoms with Crippen molar-refractivity contribution >= 4 is 20.3 Å². The monoisotopic (exact) mass is 300 g/mol. The van der Waals surface area contributed by atoms with Crippen LogP contribution in [0.4, 0.5) is 0 Å². The third-order valence-electron chi connectivity index (χ3n) is 3.07. The molecular formula is C14H24O5Si. The van der Waals surface area contributed by atoms with E-state index in [2.05, 4.69) is 6.58 Å². The molecule has 1 aliphatic rings. The van der Waals surface area contributed by atoms with Crippen LogP contribution in [0.25, 0.3) is 0 Å². The summed E-state index contributed by atoms with van der Waals surface area (Å²) in [5.74, 6) is -0.926. The summed E-state index contributed by atoms with van der Waals surface area (Å²) in [4.78, 5) is 24.2. The fraction of sp³-hybridized carbons (Fsp3) is 0.714. The van der Waals surface area contributed by atoms with Gasteiger partial charge in [0.15, 0.2) is 5.41 Å². The number of carbonyl (C=O) groups is 2. The molecule has 1 fully saturated rings. The lowest BCUT2D eigenvalue weighted by Gasteiger charge is -2.22. The predicted molar refractivity (Wildman–Crippen MR) is 77.4 cm³/mol. The second-order valence-electron chi connectivity index (χ2n) is 5.85. The highest BCUT2D eigenvalue weighted by atomic mass is 28.4. The average molecular weight is 300 g/mol. The van der Waals surface area contributed by atoms with Crippen LogP contribution in [0.15, 0.2) is 12.3 Å². The molecule has 0 saturated heterocycles. The van der Waals surface area contributed by atoms with Crippen molar-refractivity contribution in [2.24, 2.45) is 11.3 Å². The van der Waals surface area contributed by atoms with Crippen molar-refractivity contribution in [3.63, 3.8) is 0 Å². The molecule has 0 aliphatic heterocycles. The molecule has 1 aliphatic carbocycles. The second-order valence-corrected chi connectivity index (χ2v) is 10.3. The first-order valence-electron chi connectivity index (χ1n) is 6.91. The molecule has 1 rings (SSSR count). The van der Waals surface area contributed by atoms with Crippen LogP contribution in [0.3, 0.4) is 0 Å². The maximum absolute atomic E-state index is 12.1. The van der Waals surface area contributed by atoms with Gasteiger partial charge in [-0.3, -0.25) is 9.59 Å². The Morgan fingerprint density at radius 1 is 1.15 bits per heavy atom. The van der Waals surface area contributed by atoms with Crippen molar-refractivity contribution in [3.05, 3.63) is 12.3 Å². The van der Waals surface area contributed by atoms with Crippen LogP contribution in [0, 0.1) is 11.3 Å². The van der Waals surface area contributed by atoms with Gasteiger partial charge < -0.3 is 13.9 Å². The molecule has 0 N–H and O–H groups in total. The van der Waals surface area contributed by atoms with Gasteiger partial charge >= 0.3 is 11.9 Å². The zero-order chi connectivity index (χ0) is 15.6. The van der Waals surface area contributed by atoms with Gasteiger partial charge in [-0.1, -0.05) is 6.58 Å². The van der Waals surface area contributed by atoms with E-state index in [-0.39, 0.29) is 19.1 Å². The molecule has 5 nitrogen and oxygen atoms in total. The quantitative estimate of drug-likeness (QED) is 0.313. The Hall–Kier alpha value is -1.30. The maximum Gasteiger partial charge on any atom is 0.324 e. The molecule has 0 heterocycles. The van der Waals surface area contributed by atoms with E-state index >= 15 is 0 Å². The Morgan fingerprint density at radius 3 is 1.95 bits per heavy atom. The molecule has 0 aromatic carbocycles. The normalized spacial score (nSPS) is 19.9. The SMILES string of the molecule is C=C(O[Si](C)(C)C)C1CC1(C(=O)OCC)C(=O)OCC. The van der Waals surface area contributed by atoms with Gasteiger partial charge in [-0.05, 0) is 39.9 Å². The summed E-state index contributed by atoms with van der Waals surface area (Å²) < 4.78 is 15.8. The summed E-state index contributed by atoms with van der Waals surface area (Å²) in [7, 11) is -1.82. The topological polar surface area (TPSA) is 61.8 Å². The number of allylic oxidation sites excluding steroid dienone is 1. The minimum atomic E-state index is -1.82. The number of rotatable bonds is 7. The summed E-state index contributed by atoms with van der Waals surface area (Å²) in [5.41, 5.74) is -1.25. The highest BCUT2D eigenvalue weighted by Gasteiger charge is 2.70. The molecule has 1 saturated carbocycles. The highest BCUT2D eigenvalue weighted by molar-refractivity contribution is 6.70. The van der Waals surface area contributed by atoms with Crippen molar-refractivity contribution in [3.8, 4) is 0 Å². The lowest BCUT2D eigenvalue weighted by molar-refractivity contribution is -0.165. The van der Waals surface area contributed by atoms with Crippen molar-refractivity contribution in [2.75, 3.05) is 13.2 Å². The Morgan fingerprint density at radius 2 is 1.60 bits per heavy atom. The van der Waals surface area contributed by atoms with Crippen LogP contribution in [-0.4, -0.2) is 33.5 Å². The van der Waals surface area contributed by atoms with Crippen LogP contribution >= 0.6 is 0 Å². The first-order chi connectivity index (χ1) is 9.19. The number of hydrogen-bond acceptors (Lipinski definition) is 5. The lowest BCUT2D eigenvalue weighted by Crippen LogP contribution is -2.33. The molecule has 20 heavy (non-hydrogen) atoms. The first kappa shape index (κ1) is 16.8. The summed E-state index contributed by atoms with van der Waals surface area (Å²) >= 11 is 0. The molecular weight excluding hydrogens is 276 g/mol. The average Bonchev–Trinajstić information content (AvgIpc) is 3.04. The van der Waals surface area contributed by atoms with Gasteiger partial charge in [0.25, 0.3) is 0 Å². The fourth-order valence-electron chi connectivity index (χ4n) is 2.17. The first-order valence-corrected chi connectivity index (χ1v) is 10.3. The third-order valence-corrected chi connectivity index (χ3v) is 3.94. The molecule has 0 aromatic heterocycles. The minimum Gasteiger partial charge on any atom is -0.548 e. The minimum absolute atomic E-state index is 0.230. The van der Waals surface area contributed by atoms with Crippen LogP contribution < -0.4 is 0 Å². The zero-order valence-corrected chi connectivity index (χ0v) is 13.9. The second kappa shape index (κ2) is 5.99. The van der Waals surface area contributed by atoms with Gasteiger partial charge in [0, 0.05) is 5.92 Å². The van der Waals surface area contributed by atoms with E-state index in [0.717, 1.165) is 0 Å². The van der Waals surface area contributed by atoms with Gasteiger partial charge in [-0.15, -0.1) is 0 Å². The van der Waals surface area contributed by atoms with E-state index in [4.69, 9.17) is 13.9 Å². The summed E-state index contributed by atoms with van der Waals surface area (Å²) in [6.45, 7) is 13.8. The summed E-state index contributed by atoms with van der Waals surface area (Å²) in [5, 5.41) is 0. The van der Waals surface area contributed by atoms with E-state index in [9.17, 15) is 9.59 Å². The molecule has 1 atom stereocenters. The standard InChI is InChI=1S/C14H24O5Si/c1-7-17-12(15)14(13(16)18-8-2)9-11(14)10(3)19-20(4,5)6/h11H,3,7-9H2,1-2,4-6H3. The van der Waals surface area contributed by atoms with E-state index in [1.165, 1.54) is 0 Å². The number of carbonyl (C=O) groups excluding carboxylic acids is 2. The van der Waals surface area contributed by atoms with E-state index < -0.39 is 25.7 Å². The largest absolute Gasteiger partial charge is 0.548 e. The fourth-order valence-corrected chi connectivity index (χ4v) is 3.10. The van der Waals surface area contributed by atoms with Crippen LogP contribution in [0.5, 0.6) is 0 Å². The van der Waals surface area contributed by atoms with Gasteiger partial charge in [0.05, 0.1) is 19.0 Å². The van der Waals surface area contributed by atoms with Crippen LogP contribution in [0.1, 0.15) is 20.3 Å². The van der Waals surface area contributed by atoms with Crippen molar-refractivity contribution in [1.29, 1.82) is 0 Å². The van der Waals surface area contributed by atoms with Gasteiger partial charge in [-0.25, -0.2) is 0 Å². The van der Waals surface area contributed by atoms with Crippen LogP contribution in [-0.2, 0) is 23.5 Å². The lowest BCUT2D eigenvalue weighted by atomic mass is 10.0. The molecule has 6 heteroatoms. The Balaban J connectivity index is 2.87. The molecule has 0 bridgehead atoms. The van der Waals surface area contributed by atoms with Crippen molar-refractivity contribution in [1.82, 2.24) is 0 Å². The molecule has 0 aromatic rings. The Bertz CT molecular complexity index is 392. The van der Waals surface area contributed by atoms with Crippen molar-refractivity contribution < 1.29 is 23.5 Å². The van der Waals surface area contributed by atoms with Gasteiger partial charge in [0.1, 0.15) is 0 Å². The molecule has 0 amide bonds. The van der Waals surface area contributed by atoms with Crippen LogP contribution in [0.2, 0.25) is 19.6 Å².